The highest BCUT2D eigenvalue weighted by Gasteiger charge is 2.66. The SMILES string of the molecule is CC(C)CN(C(=O)Cc1ccc(Cl)c(Cl)c1)[C@@H]1CC[C@H]2[C@H]3Cc4c(O)ccc5c4[C@@]2(CCN3CC2CC2)[C@H]1O5. The minimum Gasteiger partial charge on any atom is -0.508 e. The largest absolute Gasteiger partial charge is 0.508 e. The Hall–Kier alpha value is -1.95. The standard InChI is InChI=1S/C32H38Cl2N2O3/c1-18(2)16-36(29(38)14-20-5-7-23(33)24(34)13-20)25-8-6-22-26-15-21-27(37)9-10-28-30(21)32(22,31(25)39-28)11-12-35(26)17-19-3-4-19/h5,7,9-10,13,18-19,22,25-26,31,37H,3-4,6,8,11-12,14-17H2,1-2H3/t22-,25+,26+,31-,32-/m0/s1. The van der Waals surface area contributed by atoms with Crippen molar-refractivity contribution in [3.05, 3.63) is 57.1 Å². The number of aromatic hydroxyl groups is 1. The molecule has 5 atom stereocenters. The minimum atomic E-state index is -0.144. The van der Waals surface area contributed by atoms with Gasteiger partial charge in [0.15, 0.2) is 0 Å². The lowest BCUT2D eigenvalue weighted by molar-refractivity contribution is -0.143. The number of phenols is 1. The molecule has 1 saturated heterocycles. The number of ether oxygens (including phenoxy) is 1. The molecule has 5 aliphatic rings. The van der Waals surface area contributed by atoms with Gasteiger partial charge >= 0.3 is 0 Å². The van der Waals surface area contributed by atoms with Crippen LogP contribution in [0, 0.1) is 17.8 Å². The summed E-state index contributed by atoms with van der Waals surface area (Å²) < 4.78 is 6.91. The molecule has 39 heavy (non-hydrogen) atoms. The molecule has 0 aromatic heterocycles. The van der Waals surface area contributed by atoms with E-state index in [2.05, 4.69) is 23.6 Å². The monoisotopic (exact) mass is 568 g/mol. The first-order valence-electron chi connectivity index (χ1n) is 14.8. The molecular formula is C32H38Cl2N2O3. The van der Waals surface area contributed by atoms with Gasteiger partial charge in [-0.1, -0.05) is 43.1 Å². The molecule has 1 N–H and O–H groups in total. The lowest BCUT2D eigenvalue weighted by atomic mass is 9.50. The maximum atomic E-state index is 14.0. The summed E-state index contributed by atoms with van der Waals surface area (Å²) in [7, 11) is 0. The Labute approximate surface area is 241 Å². The maximum Gasteiger partial charge on any atom is 0.227 e. The number of halogens is 2. The van der Waals surface area contributed by atoms with E-state index in [0.29, 0.717) is 46.6 Å². The summed E-state index contributed by atoms with van der Waals surface area (Å²) in [5, 5.41) is 12.0. The van der Waals surface area contributed by atoms with Gasteiger partial charge in [0.1, 0.15) is 17.6 Å². The Morgan fingerprint density at radius 1 is 1.15 bits per heavy atom. The van der Waals surface area contributed by atoms with E-state index in [-0.39, 0.29) is 23.5 Å². The van der Waals surface area contributed by atoms with E-state index in [1.54, 1.807) is 6.07 Å². The van der Waals surface area contributed by atoms with Crippen molar-refractivity contribution < 1.29 is 14.6 Å². The average molecular weight is 570 g/mol. The smallest absolute Gasteiger partial charge is 0.227 e. The fraction of sp³-hybridized carbons (Fsp3) is 0.594. The minimum absolute atomic E-state index is 0.00459. The molecule has 1 amide bonds. The Balaban J connectivity index is 1.25. The normalized spacial score (nSPS) is 30.7. The summed E-state index contributed by atoms with van der Waals surface area (Å²) in [6.45, 7) is 7.30. The van der Waals surface area contributed by atoms with Crippen molar-refractivity contribution >= 4 is 29.1 Å². The van der Waals surface area contributed by atoms with Crippen molar-refractivity contribution in [2.75, 3.05) is 19.6 Å². The van der Waals surface area contributed by atoms with Crippen LogP contribution in [-0.2, 0) is 23.1 Å². The van der Waals surface area contributed by atoms with Crippen molar-refractivity contribution in [3.63, 3.8) is 0 Å². The van der Waals surface area contributed by atoms with Crippen LogP contribution in [0.4, 0.5) is 0 Å². The topological polar surface area (TPSA) is 53.0 Å². The fourth-order valence-electron chi connectivity index (χ4n) is 8.53. The molecule has 7 rings (SSSR count). The van der Waals surface area contributed by atoms with Crippen molar-refractivity contribution in [1.82, 2.24) is 9.80 Å². The third kappa shape index (κ3) is 4.18. The number of piperidine rings is 1. The Kier molecular flexibility index (Phi) is 6.37. The van der Waals surface area contributed by atoms with Gasteiger partial charge in [-0.2, -0.15) is 0 Å². The van der Waals surface area contributed by atoms with Crippen LogP contribution in [-0.4, -0.2) is 58.6 Å². The second-order valence-corrected chi connectivity index (χ2v) is 13.9. The Morgan fingerprint density at radius 3 is 2.72 bits per heavy atom. The molecule has 2 bridgehead atoms. The Bertz CT molecular complexity index is 1310. The van der Waals surface area contributed by atoms with Gasteiger partial charge in [-0.15, -0.1) is 0 Å². The van der Waals surface area contributed by atoms with Crippen LogP contribution in [0.2, 0.25) is 10.0 Å². The summed E-state index contributed by atoms with van der Waals surface area (Å²) in [5.41, 5.74) is 3.08. The van der Waals surface area contributed by atoms with Crippen LogP contribution < -0.4 is 4.74 Å². The number of hydrogen-bond acceptors (Lipinski definition) is 4. The molecule has 3 aliphatic carbocycles. The van der Waals surface area contributed by atoms with E-state index >= 15 is 0 Å². The number of likely N-dealkylation sites (tertiary alicyclic amines) is 1. The number of phenolic OH excluding ortho intramolecular Hbond substituents is 1. The van der Waals surface area contributed by atoms with Gasteiger partial charge in [-0.05, 0) is 92.7 Å². The molecule has 0 radical (unpaired) electrons. The highest BCUT2D eigenvalue weighted by molar-refractivity contribution is 6.42. The van der Waals surface area contributed by atoms with E-state index < -0.39 is 0 Å². The number of amides is 1. The summed E-state index contributed by atoms with van der Waals surface area (Å²) in [4.78, 5) is 18.9. The quantitative estimate of drug-likeness (QED) is 0.429. The number of hydrogen-bond donors (Lipinski definition) is 1. The van der Waals surface area contributed by atoms with E-state index in [1.165, 1.54) is 24.9 Å². The van der Waals surface area contributed by atoms with Gasteiger partial charge in [0.2, 0.25) is 5.91 Å². The van der Waals surface area contributed by atoms with E-state index in [9.17, 15) is 9.90 Å². The van der Waals surface area contributed by atoms with Gasteiger partial charge in [0.05, 0.1) is 22.5 Å². The van der Waals surface area contributed by atoms with Crippen LogP contribution in [0.15, 0.2) is 30.3 Å². The van der Waals surface area contributed by atoms with Crippen LogP contribution in [0.3, 0.4) is 0 Å². The van der Waals surface area contributed by atoms with Gasteiger partial charge in [0.25, 0.3) is 0 Å². The van der Waals surface area contributed by atoms with Crippen LogP contribution >= 0.6 is 23.2 Å². The molecule has 0 unspecified atom stereocenters. The van der Waals surface area contributed by atoms with E-state index in [4.69, 9.17) is 27.9 Å². The first-order chi connectivity index (χ1) is 18.8. The Morgan fingerprint density at radius 2 is 1.97 bits per heavy atom. The van der Waals surface area contributed by atoms with Gasteiger partial charge in [-0.25, -0.2) is 0 Å². The van der Waals surface area contributed by atoms with Crippen LogP contribution in [0.5, 0.6) is 11.5 Å². The molecule has 7 heteroatoms. The first-order valence-corrected chi connectivity index (χ1v) is 15.5. The average Bonchev–Trinajstić information content (AvgIpc) is 3.66. The number of nitrogens with zero attached hydrogens (tertiary/aromatic N) is 2. The molecule has 2 heterocycles. The molecule has 3 fully saturated rings. The number of benzene rings is 2. The molecule has 2 aromatic rings. The summed E-state index contributed by atoms with van der Waals surface area (Å²) in [6.07, 6.45) is 6.87. The molecule has 208 valence electrons. The predicted octanol–water partition coefficient (Wildman–Crippen LogP) is 6.24. The predicted molar refractivity (Wildman–Crippen MR) is 154 cm³/mol. The van der Waals surface area contributed by atoms with Crippen molar-refractivity contribution in [1.29, 1.82) is 0 Å². The highest BCUT2D eigenvalue weighted by atomic mass is 35.5. The molecule has 5 nitrogen and oxygen atoms in total. The zero-order valence-electron chi connectivity index (χ0n) is 22.8. The van der Waals surface area contributed by atoms with Gasteiger partial charge in [-0.3, -0.25) is 9.69 Å². The molecule has 2 saturated carbocycles. The first kappa shape index (κ1) is 26.0. The summed E-state index contributed by atoms with van der Waals surface area (Å²) >= 11 is 12.4. The fourth-order valence-corrected chi connectivity index (χ4v) is 8.85. The van der Waals surface area contributed by atoms with Crippen molar-refractivity contribution in [3.8, 4) is 11.5 Å². The lowest BCUT2D eigenvalue weighted by Gasteiger charge is -2.60. The van der Waals surface area contributed by atoms with Gasteiger partial charge in [0, 0.05) is 35.7 Å². The summed E-state index contributed by atoms with van der Waals surface area (Å²) in [6, 6.07) is 9.69. The van der Waals surface area contributed by atoms with Crippen LogP contribution in [0.25, 0.3) is 0 Å². The number of carbonyl (C=O) groups excluding carboxylic acids is 1. The highest BCUT2D eigenvalue weighted by Crippen LogP contribution is 2.64. The summed E-state index contributed by atoms with van der Waals surface area (Å²) in [5.74, 6) is 3.12. The van der Waals surface area contributed by atoms with Gasteiger partial charge < -0.3 is 14.7 Å². The maximum absolute atomic E-state index is 14.0. The third-order valence-electron chi connectivity index (χ3n) is 10.2. The second kappa shape index (κ2) is 9.56. The van der Waals surface area contributed by atoms with E-state index in [1.807, 2.05) is 24.3 Å². The molecule has 2 aliphatic heterocycles. The van der Waals surface area contributed by atoms with Crippen molar-refractivity contribution in [2.24, 2.45) is 17.8 Å². The second-order valence-electron chi connectivity index (χ2n) is 13.1. The number of rotatable bonds is 7. The zero-order chi connectivity index (χ0) is 27.1. The third-order valence-corrected chi connectivity index (χ3v) is 11.0. The number of carbonyl (C=O) groups is 1. The molecular weight excluding hydrogens is 531 g/mol. The molecule has 2 aromatic carbocycles. The van der Waals surface area contributed by atoms with Crippen LogP contribution in [0.1, 0.15) is 62.6 Å². The molecule has 1 spiro atoms. The van der Waals surface area contributed by atoms with Crippen molar-refractivity contribution in [2.45, 2.75) is 82.4 Å². The van der Waals surface area contributed by atoms with E-state index in [0.717, 1.165) is 55.0 Å². The zero-order valence-corrected chi connectivity index (χ0v) is 24.3. The lowest BCUT2D eigenvalue weighted by Crippen LogP contribution is -2.69.